The number of likely N-dealkylation sites (tertiary alicyclic amines) is 1. The van der Waals surface area contributed by atoms with Crippen LogP contribution in [-0.2, 0) is 10.2 Å². The number of carbonyl (C=O) groups excluding carboxylic acids is 2. The smallest absolute Gasteiger partial charge is 0.340 e. The van der Waals surface area contributed by atoms with Gasteiger partial charge in [0.05, 0.1) is 5.41 Å². The second kappa shape index (κ2) is 11.9. The minimum atomic E-state index is -4.88. The van der Waals surface area contributed by atoms with Crippen molar-refractivity contribution in [1.29, 1.82) is 0 Å². The molecule has 1 aliphatic heterocycles. The number of amides is 2. The van der Waals surface area contributed by atoms with Gasteiger partial charge in [0.25, 0.3) is 5.91 Å². The lowest BCUT2D eigenvalue weighted by atomic mass is 9.71. The highest BCUT2D eigenvalue weighted by Gasteiger charge is 2.48. The normalized spacial score (nSPS) is 15.5. The number of piperidine rings is 1. The zero-order chi connectivity index (χ0) is 30.8. The second-order valence-electron chi connectivity index (χ2n) is 10.5. The Bertz CT molecular complexity index is 1580. The average molecular weight is 597 g/mol. The third-order valence-corrected chi connectivity index (χ3v) is 7.85. The molecule has 4 aromatic rings. The van der Waals surface area contributed by atoms with Gasteiger partial charge >= 0.3 is 6.18 Å². The van der Waals surface area contributed by atoms with Crippen LogP contribution >= 0.6 is 0 Å². The first-order valence-corrected chi connectivity index (χ1v) is 13.5. The fourth-order valence-corrected chi connectivity index (χ4v) is 5.42. The summed E-state index contributed by atoms with van der Waals surface area (Å²) in [6.45, 7) is 0.104. The van der Waals surface area contributed by atoms with E-state index in [1.165, 1.54) is 29.2 Å². The number of benzene rings is 4. The lowest BCUT2D eigenvalue weighted by Gasteiger charge is -2.42. The number of nitrogens with one attached hydrogen (secondary N) is 1. The Morgan fingerprint density at radius 1 is 0.674 bits per heavy atom. The van der Waals surface area contributed by atoms with E-state index in [0.29, 0.717) is 11.1 Å². The number of hydrogen-bond donors (Lipinski definition) is 1. The van der Waals surface area contributed by atoms with E-state index in [9.17, 15) is 35.9 Å². The van der Waals surface area contributed by atoms with Crippen LogP contribution in [0.4, 0.5) is 26.3 Å². The minimum Gasteiger partial charge on any atom is -0.340 e. The zero-order valence-electron chi connectivity index (χ0n) is 22.7. The molecule has 222 valence electrons. The van der Waals surface area contributed by atoms with Crippen LogP contribution in [0.5, 0.6) is 0 Å². The summed E-state index contributed by atoms with van der Waals surface area (Å²) in [5, 5.41) is 2.11. The van der Waals surface area contributed by atoms with Gasteiger partial charge < -0.3 is 10.2 Å². The molecular weight excluding hydrogens is 570 g/mol. The SMILES string of the molecule is O=C(c1ccc(-c2ccc(F)cc2)cc1)N1CCC(C(=O)NC(c2ccc(F)cc2)C(F)(F)F)(c2ccc(F)cc2)CC1. The number of carbonyl (C=O) groups is 2. The van der Waals surface area contributed by atoms with E-state index in [4.69, 9.17) is 0 Å². The molecule has 1 unspecified atom stereocenters. The van der Waals surface area contributed by atoms with Crippen LogP contribution in [-0.4, -0.2) is 36.0 Å². The maximum absolute atomic E-state index is 14.1. The summed E-state index contributed by atoms with van der Waals surface area (Å²) in [6, 6.07) is 18.9. The van der Waals surface area contributed by atoms with Crippen molar-refractivity contribution >= 4 is 11.8 Å². The lowest BCUT2D eigenvalue weighted by molar-refractivity contribution is -0.165. The maximum Gasteiger partial charge on any atom is 0.412 e. The van der Waals surface area contributed by atoms with Gasteiger partial charge in [-0.1, -0.05) is 48.5 Å². The first kappa shape index (κ1) is 29.9. The molecule has 1 fully saturated rings. The molecule has 1 N–H and O–H groups in total. The predicted octanol–water partition coefficient (Wildman–Crippen LogP) is 7.36. The second-order valence-corrected chi connectivity index (χ2v) is 10.5. The molecule has 4 aromatic carbocycles. The minimum absolute atomic E-state index is 0.0160. The van der Waals surface area contributed by atoms with E-state index < -0.39 is 35.2 Å². The number of nitrogens with zero attached hydrogens (tertiary/aromatic N) is 1. The molecule has 0 radical (unpaired) electrons. The molecule has 1 atom stereocenters. The molecule has 0 spiro atoms. The molecule has 0 saturated carbocycles. The Morgan fingerprint density at radius 3 is 1.60 bits per heavy atom. The first-order chi connectivity index (χ1) is 20.5. The van der Waals surface area contributed by atoms with Gasteiger partial charge in [-0.3, -0.25) is 9.59 Å². The predicted molar refractivity (Wildman–Crippen MR) is 148 cm³/mol. The molecule has 1 saturated heterocycles. The first-order valence-electron chi connectivity index (χ1n) is 13.5. The van der Waals surface area contributed by atoms with Crippen molar-refractivity contribution < 1.29 is 35.9 Å². The molecule has 5 rings (SSSR count). The molecule has 1 aliphatic rings. The molecule has 0 aliphatic carbocycles. The van der Waals surface area contributed by atoms with Crippen molar-refractivity contribution in [2.75, 3.05) is 13.1 Å². The molecular formula is C33H26F6N2O2. The van der Waals surface area contributed by atoms with Crippen molar-refractivity contribution in [1.82, 2.24) is 10.2 Å². The van der Waals surface area contributed by atoms with Gasteiger partial charge in [-0.2, -0.15) is 13.2 Å². The van der Waals surface area contributed by atoms with Crippen molar-refractivity contribution in [3.8, 4) is 11.1 Å². The molecule has 1 heterocycles. The van der Waals surface area contributed by atoms with Gasteiger partial charge in [-0.25, -0.2) is 13.2 Å². The summed E-state index contributed by atoms with van der Waals surface area (Å²) < 4.78 is 82.7. The summed E-state index contributed by atoms with van der Waals surface area (Å²) in [7, 11) is 0. The standard InChI is InChI=1S/C33H26F6N2O2/c34-26-11-5-22(6-12-26)21-1-3-24(4-2-21)30(42)41-19-17-32(18-20-41,25-9-15-28(36)16-10-25)31(43)40-29(33(37,38)39)23-7-13-27(35)14-8-23/h1-16,29H,17-20H2,(H,40,43). The Morgan fingerprint density at radius 2 is 1.12 bits per heavy atom. The van der Waals surface area contributed by atoms with Gasteiger partial charge in [0.1, 0.15) is 17.5 Å². The van der Waals surface area contributed by atoms with Crippen LogP contribution in [0.2, 0.25) is 0 Å². The highest BCUT2D eigenvalue weighted by Crippen LogP contribution is 2.39. The van der Waals surface area contributed by atoms with Crippen molar-refractivity contribution in [2.45, 2.75) is 30.5 Å². The molecule has 0 aromatic heterocycles. The Balaban J connectivity index is 1.37. The van der Waals surface area contributed by atoms with Crippen molar-refractivity contribution in [3.05, 3.63) is 131 Å². The van der Waals surface area contributed by atoms with E-state index in [0.717, 1.165) is 47.5 Å². The van der Waals surface area contributed by atoms with Gasteiger partial charge in [0.15, 0.2) is 6.04 Å². The number of rotatable bonds is 6. The zero-order valence-corrected chi connectivity index (χ0v) is 22.7. The largest absolute Gasteiger partial charge is 0.412 e. The van der Waals surface area contributed by atoms with E-state index in [2.05, 4.69) is 5.32 Å². The average Bonchev–Trinajstić information content (AvgIpc) is 3.00. The number of halogens is 6. The summed E-state index contributed by atoms with van der Waals surface area (Å²) in [6.07, 6.45) is -4.91. The van der Waals surface area contributed by atoms with Crippen LogP contribution < -0.4 is 5.32 Å². The summed E-state index contributed by atoms with van der Waals surface area (Å²) >= 11 is 0. The van der Waals surface area contributed by atoms with E-state index in [1.807, 2.05) is 0 Å². The molecule has 43 heavy (non-hydrogen) atoms. The van der Waals surface area contributed by atoms with E-state index >= 15 is 0 Å². The van der Waals surface area contributed by atoms with Gasteiger partial charge in [-0.15, -0.1) is 0 Å². The van der Waals surface area contributed by atoms with E-state index in [-0.39, 0.29) is 43.2 Å². The number of hydrogen-bond acceptors (Lipinski definition) is 2. The van der Waals surface area contributed by atoms with Crippen LogP contribution in [0, 0.1) is 17.5 Å². The number of alkyl halides is 3. The maximum atomic E-state index is 14.1. The summed E-state index contributed by atoms with van der Waals surface area (Å²) in [5.74, 6) is -2.91. The lowest BCUT2D eigenvalue weighted by Crippen LogP contribution is -2.54. The van der Waals surface area contributed by atoms with Crippen molar-refractivity contribution in [2.24, 2.45) is 0 Å². The van der Waals surface area contributed by atoms with E-state index in [1.54, 1.807) is 36.4 Å². The quantitative estimate of drug-likeness (QED) is 0.237. The highest BCUT2D eigenvalue weighted by molar-refractivity contribution is 5.95. The molecule has 10 heteroatoms. The Kier molecular flexibility index (Phi) is 8.30. The Hall–Kier alpha value is -4.60. The van der Waals surface area contributed by atoms with Gasteiger partial charge in [-0.05, 0) is 83.6 Å². The fraction of sp³-hybridized carbons (Fsp3) is 0.212. The van der Waals surface area contributed by atoms with Crippen LogP contribution in [0.1, 0.15) is 40.4 Å². The third-order valence-electron chi connectivity index (χ3n) is 7.85. The third kappa shape index (κ3) is 6.43. The van der Waals surface area contributed by atoms with Gasteiger partial charge in [0.2, 0.25) is 5.91 Å². The van der Waals surface area contributed by atoms with Crippen LogP contribution in [0.25, 0.3) is 11.1 Å². The monoisotopic (exact) mass is 596 g/mol. The fourth-order valence-electron chi connectivity index (χ4n) is 5.42. The van der Waals surface area contributed by atoms with Gasteiger partial charge in [0, 0.05) is 18.7 Å². The molecule has 2 amide bonds. The highest BCUT2D eigenvalue weighted by atomic mass is 19.4. The molecule has 4 nitrogen and oxygen atoms in total. The summed E-state index contributed by atoms with van der Waals surface area (Å²) in [4.78, 5) is 28.6. The molecule has 0 bridgehead atoms. The topological polar surface area (TPSA) is 49.4 Å². The van der Waals surface area contributed by atoms with Crippen LogP contribution in [0.15, 0.2) is 97.1 Å². The van der Waals surface area contributed by atoms with Crippen LogP contribution in [0.3, 0.4) is 0 Å². The summed E-state index contributed by atoms with van der Waals surface area (Å²) in [5.41, 5.74) is 0.419. The van der Waals surface area contributed by atoms with Crippen molar-refractivity contribution in [3.63, 3.8) is 0 Å². The Labute approximate surface area is 244 Å².